The van der Waals surface area contributed by atoms with Crippen LogP contribution in [-0.2, 0) is 14.8 Å². The smallest absolute Gasteiger partial charge is 0.256 e. The predicted molar refractivity (Wildman–Crippen MR) is 85.8 cm³/mol. The predicted octanol–water partition coefficient (Wildman–Crippen LogP) is 1.96. The van der Waals surface area contributed by atoms with Crippen molar-refractivity contribution in [2.75, 3.05) is 24.1 Å². The van der Waals surface area contributed by atoms with Gasteiger partial charge in [0.15, 0.2) is 0 Å². The molecule has 0 bridgehead atoms. The molecule has 1 aromatic carbocycles. The quantitative estimate of drug-likeness (QED) is 0.907. The van der Waals surface area contributed by atoms with Crippen molar-refractivity contribution in [3.63, 3.8) is 0 Å². The molecule has 1 aliphatic rings. The van der Waals surface area contributed by atoms with E-state index in [1.807, 2.05) is 13.8 Å². The van der Waals surface area contributed by atoms with Crippen LogP contribution in [0.5, 0.6) is 0 Å². The van der Waals surface area contributed by atoms with Crippen LogP contribution in [0.25, 0.3) is 0 Å². The van der Waals surface area contributed by atoms with Crippen LogP contribution in [-0.4, -0.2) is 50.8 Å². The van der Waals surface area contributed by atoms with Crippen LogP contribution >= 0.6 is 11.6 Å². The van der Waals surface area contributed by atoms with E-state index >= 15 is 0 Å². The number of morpholine rings is 1. The maximum absolute atomic E-state index is 12.7. The Labute approximate surface area is 135 Å². The Balaban J connectivity index is 2.34. The van der Waals surface area contributed by atoms with E-state index in [1.54, 1.807) is 4.90 Å². The van der Waals surface area contributed by atoms with E-state index in [2.05, 4.69) is 4.72 Å². The molecule has 1 fully saturated rings. The number of benzene rings is 1. The number of halogens is 1. The molecule has 1 saturated heterocycles. The summed E-state index contributed by atoms with van der Waals surface area (Å²) in [5, 5.41) is 0.372. The summed E-state index contributed by atoms with van der Waals surface area (Å²) in [6.45, 7) is 4.69. The molecule has 6 nitrogen and oxygen atoms in total. The monoisotopic (exact) mass is 346 g/mol. The lowest BCUT2D eigenvalue weighted by Crippen LogP contribution is -2.48. The van der Waals surface area contributed by atoms with Crippen molar-refractivity contribution in [2.45, 2.75) is 26.1 Å². The number of amides is 1. The van der Waals surface area contributed by atoms with Gasteiger partial charge >= 0.3 is 0 Å². The molecule has 2 atom stereocenters. The van der Waals surface area contributed by atoms with Crippen LogP contribution in [0.4, 0.5) is 5.69 Å². The highest BCUT2D eigenvalue weighted by Gasteiger charge is 2.28. The Kier molecular flexibility index (Phi) is 4.99. The van der Waals surface area contributed by atoms with Gasteiger partial charge in [0, 0.05) is 18.1 Å². The Morgan fingerprint density at radius 2 is 1.91 bits per heavy atom. The minimum atomic E-state index is -3.49. The zero-order valence-corrected chi connectivity index (χ0v) is 14.2. The first-order valence-electron chi connectivity index (χ1n) is 6.88. The zero-order valence-electron chi connectivity index (χ0n) is 12.7. The highest BCUT2D eigenvalue weighted by molar-refractivity contribution is 7.92. The number of nitrogens with one attached hydrogen (secondary N) is 1. The van der Waals surface area contributed by atoms with E-state index in [-0.39, 0.29) is 29.4 Å². The van der Waals surface area contributed by atoms with Crippen LogP contribution < -0.4 is 4.72 Å². The molecular formula is C14H19ClN2O4S. The normalized spacial score (nSPS) is 22.5. The Hall–Kier alpha value is -1.31. The van der Waals surface area contributed by atoms with E-state index in [0.717, 1.165) is 6.26 Å². The lowest BCUT2D eigenvalue weighted by Gasteiger charge is -2.35. The number of rotatable bonds is 3. The molecule has 8 heteroatoms. The summed E-state index contributed by atoms with van der Waals surface area (Å²) in [5.41, 5.74) is 0.461. The summed E-state index contributed by atoms with van der Waals surface area (Å²) in [5.74, 6) is -0.268. The van der Waals surface area contributed by atoms with Gasteiger partial charge in [0.2, 0.25) is 10.0 Å². The second kappa shape index (κ2) is 6.44. The fraction of sp³-hybridized carbons (Fsp3) is 0.500. The highest BCUT2D eigenvalue weighted by Crippen LogP contribution is 2.24. The molecule has 0 aliphatic carbocycles. The second-order valence-corrected chi connectivity index (χ2v) is 7.72. The Bertz CT molecular complexity index is 667. The summed E-state index contributed by atoms with van der Waals surface area (Å²) in [4.78, 5) is 14.4. The molecule has 0 radical (unpaired) electrons. The molecular weight excluding hydrogens is 328 g/mol. The van der Waals surface area contributed by atoms with Crippen molar-refractivity contribution in [3.05, 3.63) is 28.8 Å². The molecule has 1 amide bonds. The van der Waals surface area contributed by atoms with Crippen molar-refractivity contribution in [1.82, 2.24) is 4.90 Å². The number of sulfonamides is 1. The van der Waals surface area contributed by atoms with Crippen molar-refractivity contribution < 1.29 is 17.9 Å². The van der Waals surface area contributed by atoms with Crippen LogP contribution in [0.15, 0.2) is 18.2 Å². The number of hydrogen-bond acceptors (Lipinski definition) is 4. The van der Waals surface area contributed by atoms with Crippen LogP contribution in [0.2, 0.25) is 5.02 Å². The minimum absolute atomic E-state index is 0.0711. The molecule has 0 unspecified atom stereocenters. The van der Waals surface area contributed by atoms with E-state index in [1.165, 1.54) is 18.2 Å². The van der Waals surface area contributed by atoms with Gasteiger partial charge in [-0.3, -0.25) is 9.52 Å². The van der Waals surface area contributed by atoms with Crippen molar-refractivity contribution in [2.24, 2.45) is 0 Å². The third-order valence-electron chi connectivity index (χ3n) is 3.21. The summed E-state index contributed by atoms with van der Waals surface area (Å²) in [6, 6.07) is 4.50. The summed E-state index contributed by atoms with van der Waals surface area (Å²) in [6.07, 6.45) is 0.894. The summed E-state index contributed by atoms with van der Waals surface area (Å²) < 4.78 is 30.9. The maximum atomic E-state index is 12.7. The Morgan fingerprint density at radius 3 is 2.45 bits per heavy atom. The molecule has 1 heterocycles. The summed E-state index contributed by atoms with van der Waals surface area (Å²) >= 11 is 5.96. The second-order valence-electron chi connectivity index (χ2n) is 5.53. The van der Waals surface area contributed by atoms with Gasteiger partial charge in [0.05, 0.1) is 29.7 Å². The molecule has 0 saturated carbocycles. The van der Waals surface area contributed by atoms with Crippen LogP contribution in [0, 0.1) is 0 Å². The first-order valence-corrected chi connectivity index (χ1v) is 9.14. The van der Waals surface area contributed by atoms with Gasteiger partial charge in [-0.25, -0.2) is 8.42 Å². The zero-order chi connectivity index (χ0) is 16.5. The third kappa shape index (κ3) is 4.34. The van der Waals surface area contributed by atoms with E-state index in [4.69, 9.17) is 16.3 Å². The molecule has 122 valence electrons. The van der Waals surface area contributed by atoms with Crippen LogP contribution in [0.3, 0.4) is 0 Å². The number of ether oxygens (including phenoxy) is 1. The maximum Gasteiger partial charge on any atom is 0.256 e. The average molecular weight is 347 g/mol. The number of nitrogens with zero attached hydrogens (tertiary/aromatic N) is 1. The van der Waals surface area contributed by atoms with Gasteiger partial charge in [-0.2, -0.15) is 0 Å². The number of carbonyl (C=O) groups excluding carboxylic acids is 1. The van der Waals surface area contributed by atoms with Gasteiger partial charge < -0.3 is 9.64 Å². The topological polar surface area (TPSA) is 75.7 Å². The van der Waals surface area contributed by atoms with Crippen molar-refractivity contribution in [3.8, 4) is 0 Å². The fourth-order valence-electron chi connectivity index (χ4n) is 2.50. The first-order chi connectivity index (χ1) is 10.2. The van der Waals surface area contributed by atoms with Gasteiger partial charge in [0.1, 0.15) is 0 Å². The molecule has 1 aromatic rings. The number of carbonyl (C=O) groups is 1. The van der Waals surface area contributed by atoms with Gasteiger partial charge in [-0.15, -0.1) is 0 Å². The lowest BCUT2D eigenvalue weighted by atomic mass is 10.1. The lowest BCUT2D eigenvalue weighted by molar-refractivity contribution is -0.0585. The molecule has 2 rings (SSSR count). The molecule has 0 spiro atoms. The third-order valence-corrected chi connectivity index (χ3v) is 4.04. The first kappa shape index (κ1) is 17.1. The van der Waals surface area contributed by atoms with Gasteiger partial charge in [-0.1, -0.05) is 11.6 Å². The van der Waals surface area contributed by atoms with Crippen LogP contribution in [0.1, 0.15) is 24.2 Å². The molecule has 0 aromatic heterocycles. The van der Waals surface area contributed by atoms with Crippen molar-refractivity contribution >= 4 is 33.2 Å². The SMILES string of the molecule is C[C@@H]1CN(C(=O)c2cc(Cl)ccc2NS(C)(=O)=O)C[C@H](C)O1. The van der Waals surface area contributed by atoms with E-state index in [0.29, 0.717) is 18.1 Å². The summed E-state index contributed by atoms with van der Waals surface area (Å²) in [7, 11) is -3.49. The van der Waals surface area contributed by atoms with E-state index in [9.17, 15) is 13.2 Å². The number of anilines is 1. The standard InChI is InChI=1S/C14H19ClN2O4S/c1-9-7-17(8-10(2)21-9)14(18)12-6-11(15)4-5-13(12)16-22(3,19)20/h4-6,9-10,16H,7-8H2,1-3H3/t9-,10+. The Morgan fingerprint density at radius 1 is 1.32 bits per heavy atom. The highest BCUT2D eigenvalue weighted by atomic mass is 35.5. The average Bonchev–Trinajstić information content (AvgIpc) is 2.37. The fourth-order valence-corrected chi connectivity index (χ4v) is 3.25. The molecule has 1 N–H and O–H groups in total. The minimum Gasteiger partial charge on any atom is -0.372 e. The molecule has 22 heavy (non-hydrogen) atoms. The van der Waals surface area contributed by atoms with E-state index < -0.39 is 10.0 Å². The van der Waals surface area contributed by atoms with Gasteiger partial charge in [-0.05, 0) is 32.0 Å². The largest absolute Gasteiger partial charge is 0.372 e. The molecule has 1 aliphatic heterocycles. The van der Waals surface area contributed by atoms with Gasteiger partial charge in [0.25, 0.3) is 5.91 Å². The number of hydrogen-bond donors (Lipinski definition) is 1. The van der Waals surface area contributed by atoms with Crippen molar-refractivity contribution in [1.29, 1.82) is 0 Å².